The zero-order valence-electron chi connectivity index (χ0n) is 13.8. The van der Waals surface area contributed by atoms with Gasteiger partial charge in [-0.25, -0.2) is 0 Å². The van der Waals surface area contributed by atoms with Gasteiger partial charge in [-0.05, 0) is 35.9 Å². The number of thiazole rings is 1. The molecule has 26 heavy (non-hydrogen) atoms. The van der Waals surface area contributed by atoms with Crippen molar-refractivity contribution in [2.45, 2.75) is 0 Å². The van der Waals surface area contributed by atoms with Gasteiger partial charge in [-0.2, -0.15) is 0 Å². The average Bonchev–Trinajstić information content (AvgIpc) is 2.96. The largest absolute Gasteiger partial charge is 0.495 e. The van der Waals surface area contributed by atoms with E-state index < -0.39 is 0 Å². The highest BCUT2D eigenvalue weighted by Crippen LogP contribution is 2.22. The normalized spacial score (nSPS) is 12.2. The van der Waals surface area contributed by atoms with E-state index in [-0.39, 0.29) is 11.5 Å². The molecule has 0 fully saturated rings. The second-order valence-electron chi connectivity index (χ2n) is 5.31. The molecule has 0 aliphatic carbocycles. The SMILES string of the molecule is COc1ccccc1NC(=O)C=c1[nH]c(=O)c(=Cc2ccc(Cl)cc2)s1. The number of ether oxygens (including phenoxy) is 1. The highest BCUT2D eigenvalue weighted by molar-refractivity contribution is 7.07. The number of halogens is 1. The Labute approximate surface area is 158 Å². The first-order valence-electron chi connectivity index (χ1n) is 7.67. The van der Waals surface area contributed by atoms with E-state index in [0.717, 1.165) is 5.56 Å². The maximum atomic E-state index is 12.2. The lowest BCUT2D eigenvalue weighted by atomic mass is 10.2. The molecule has 7 heteroatoms. The molecule has 132 valence electrons. The van der Waals surface area contributed by atoms with Gasteiger partial charge >= 0.3 is 0 Å². The van der Waals surface area contributed by atoms with Gasteiger partial charge in [-0.15, -0.1) is 11.3 Å². The second kappa shape index (κ2) is 8.03. The Balaban J connectivity index is 1.87. The standard InChI is InChI=1S/C19H15ClN2O3S/c1-25-15-5-3-2-4-14(15)21-17(23)11-18-22-19(24)16(26-18)10-12-6-8-13(20)9-7-12/h2-11H,1H3,(H,21,23)(H,22,24). The van der Waals surface area contributed by atoms with Gasteiger partial charge in [0, 0.05) is 11.1 Å². The van der Waals surface area contributed by atoms with Gasteiger partial charge in [-0.1, -0.05) is 35.9 Å². The molecular weight excluding hydrogens is 372 g/mol. The van der Waals surface area contributed by atoms with Crippen LogP contribution in [0, 0.1) is 0 Å². The summed E-state index contributed by atoms with van der Waals surface area (Å²) in [6, 6.07) is 14.2. The van der Waals surface area contributed by atoms with Gasteiger partial charge in [0.1, 0.15) is 10.4 Å². The van der Waals surface area contributed by atoms with Gasteiger partial charge in [0.05, 0.1) is 17.3 Å². The van der Waals surface area contributed by atoms with Crippen molar-refractivity contribution in [2.75, 3.05) is 12.4 Å². The smallest absolute Gasteiger partial charge is 0.266 e. The number of H-pyrrole nitrogens is 1. The number of amides is 1. The summed E-state index contributed by atoms with van der Waals surface area (Å²) in [7, 11) is 1.53. The fourth-order valence-corrected chi connectivity index (χ4v) is 3.28. The van der Waals surface area contributed by atoms with Gasteiger partial charge in [0.2, 0.25) is 0 Å². The number of carbonyl (C=O) groups is 1. The number of rotatable bonds is 4. The fourth-order valence-electron chi connectivity index (χ4n) is 2.27. The van der Waals surface area contributed by atoms with Crippen LogP contribution in [-0.4, -0.2) is 18.0 Å². The molecule has 0 saturated carbocycles. The zero-order chi connectivity index (χ0) is 18.5. The van der Waals surface area contributed by atoms with Crippen LogP contribution in [0.3, 0.4) is 0 Å². The first-order chi connectivity index (χ1) is 12.5. The number of hydrogen-bond donors (Lipinski definition) is 2. The van der Waals surface area contributed by atoms with Crippen LogP contribution in [-0.2, 0) is 4.79 Å². The molecule has 0 radical (unpaired) electrons. The number of para-hydroxylation sites is 2. The number of aromatic nitrogens is 1. The van der Waals surface area contributed by atoms with E-state index in [1.807, 2.05) is 18.2 Å². The molecule has 0 saturated heterocycles. The first kappa shape index (κ1) is 18.0. The molecule has 5 nitrogen and oxygen atoms in total. The third-order valence-corrected chi connectivity index (χ3v) is 4.69. The minimum Gasteiger partial charge on any atom is -0.495 e. The summed E-state index contributed by atoms with van der Waals surface area (Å²) in [5.74, 6) is 0.204. The van der Waals surface area contributed by atoms with Crippen molar-refractivity contribution < 1.29 is 9.53 Å². The summed E-state index contributed by atoms with van der Waals surface area (Å²) >= 11 is 7.06. The molecule has 1 amide bonds. The third-order valence-electron chi connectivity index (χ3n) is 3.48. The Morgan fingerprint density at radius 1 is 1.19 bits per heavy atom. The van der Waals surface area contributed by atoms with E-state index in [1.54, 1.807) is 36.4 Å². The summed E-state index contributed by atoms with van der Waals surface area (Å²) in [5.41, 5.74) is 1.16. The number of methoxy groups -OCH3 is 1. The van der Waals surface area contributed by atoms with Crippen LogP contribution in [0.4, 0.5) is 5.69 Å². The van der Waals surface area contributed by atoms with Gasteiger partial charge in [0.15, 0.2) is 0 Å². The molecular formula is C19H15ClN2O3S. The van der Waals surface area contributed by atoms with E-state index in [2.05, 4.69) is 10.3 Å². The fraction of sp³-hybridized carbons (Fsp3) is 0.0526. The quantitative estimate of drug-likeness (QED) is 0.723. The molecule has 0 spiro atoms. The maximum Gasteiger partial charge on any atom is 0.266 e. The van der Waals surface area contributed by atoms with Gasteiger partial charge in [-0.3, -0.25) is 9.59 Å². The second-order valence-corrected chi connectivity index (χ2v) is 6.83. The summed E-state index contributed by atoms with van der Waals surface area (Å²) in [6.07, 6.45) is 3.09. The third kappa shape index (κ3) is 4.41. The Kier molecular flexibility index (Phi) is 5.55. The predicted molar refractivity (Wildman–Crippen MR) is 105 cm³/mol. The number of benzene rings is 2. The molecule has 2 N–H and O–H groups in total. The summed E-state index contributed by atoms with van der Waals surface area (Å²) in [6.45, 7) is 0. The van der Waals surface area contributed by atoms with Crippen molar-refractivity contribution >= 4 is 46.7 Å². The van der Waals surface area contributed by atoms with Crippen molar-refractivity contribution in [3.05, 3.63) is 78.7 Å². The van der Waals surface area contributed by atoms with E-state index >= 15 is 0 Å². The molecule has 1 heterocycles. The number of aromatic amines is 1. The van der Waals surface area contributed by atoms with E-state index in [0.29, 0.717) is 25.7 Å². The Morgan fingerprint density at radius 3 is 2.65 bits per heavy atom. The summed E-state index contributed by atoms with van der Waals surface area (Å²) < 4.78 is 6.16. The van der Waals surface area contributed by atoms with Crippen LogP contribution in [0.1, 0.15) is 5.56 Å². The molecule has 2 aromatic carbocycles. The summed E-state index contributed by atoms with van der Waals surface area (Å²) in [4.78, 5) is 27.0. The topological polar surface area (TPSA) is 71.2 Å². The molecule has 0 atom stereocenters. The Bertz CT molecular complexity index is 1100. The number of hydrogen-bond acceptors (Lipinski definition) is 4. The maximum absolute atomic E-state index is 12.2. The monoisotopic (exact) mass is 386 g/mol. The molecule has 3 aromatic rings. The minimum absolute atomic E-state index is 0.249. The van der Waals surface area contributed by atoms with Crippen LogP contribution in [0.5, 0.6) is 5.75 Å². The molecule has 3 rings (SSSR count). The first-order valence-corrected chi connectivity index (χ1v) is 8.87. The average molecular weight is 387 g/mol. The van der Waals surface area contributed by atoms with Crippen LogP contribution in [0.25, 0.3) is 12.2 Å². The number of nitrogens with one attached hydrogen (secondary N) is 2. The van der Waals surface area contributed by atoms with Crippen LogP contribution in [0.15, 0.2) is 53.3 Å². The van der Waals surface area contributed by atoms with E-state index in [4.69, 9.17) is 16.3 Å². The zero-order valence-corrected chi connectivity index (χ0v) is 15.4. The van der Waals surface area contributed by atoms with E-state index in [1.165, 1.54) is 24.5 Å². The van der Waals surface area contributed by atoms with Crippen LogP contribution < -0.4 is 24.8 Å². The lowest BCUT2D eigenvalue weighted by Gasteiger charge is -2.07. The van der Waals surface area contributed by atoms with Crippen LogP contribution in [0.2, 0.25) is 5.02 Å². The molecule has 0 unspecified atom stereocenters. The number of anilines is 1. The minimum atomic E-state index is -0.356. The van der Waals surface area contributed by atoms with Crippen molar-refractivity contribution in [3.8, 4) is 5.75 Å². The Hall–Kier alpha value is -2.83. The Morgan fingerprint density at radius 2 is 1.92 bits per heavy atom. The van der Waals surface area contributed by atoms with Crippen molar-refractivity contribution in [1.82, 2.24) is 4.98 Å². The summed E-state index contributed by atoms with van der Waals surface area (Å²) in [5, 5.41) is 3.36. The predicted octanol–water partition coefficient (Wildman–Crippen LogP) is 2.35. The highest BCUT2D eigenvalue weighted by Gasteiger charge is 2.05. The van der Waals surface area contributed by atoms with Gasteiger partial charge in [0.25, 0.3) is 11.5 Å². The van der Waals surface area contributed by atoms with Crippen LogP contribution >= 0.6 is 22.9 Å². The number of carbonyl (C=O) groups excluding carboxylic acids is 1. The van der Waals surface area contributed by atoms with Gasteiger partial charge < -0.3 is 15.0 Å². The highest BCUT2D eigenvalue weighted by atomic mass is 35.5. The van der Waals surface area contributed by atoms with Crippen molar-refractivity contribution in [1.29, 1.82) is 0 Å². The molecule has 1 aromatic heterocycles. The molecule has 0 bridgehead atoms. The van der Waals surface area contributed by atoms with E-state index in [9.17, 15) is 9.59 Å². The molecule has 0 aliphatic rings. The van der Waals surface area contributed by atoms with Crippen molar-refractivity contribution in [3.63, 3.8) is 0 Å². The molecule has 0 aliphatic heterocycles. The van der Waals surface area contributed by atoms with Crippen molar-refractivity contribution in [2.24, 2.45) is 0 Å². The lowest BCUT2D eigenvalue weighted by Crippen LogP contribution is -2.20. The lowest BCUT2D eigenvalue weighted by molar-refractivity contribution is -0.110.